The number of amides is 1. The Kier molecular flexibility index (Phi) is 5.60. The fourth-order valence-electron chi connectivity index (χ4n) is 2.81. The molecule has 0 radical (unpaired) electrons. The lowest BCUT2D eigenvalue weighted by Crippen LogP contribution is -2.32. The number of hydrogen-bond acceptors (Lipinski definition) is 6. The maximum atomic E-state index is 11.7. The van der Waals surface area contributed by atoms with Crippen LogP contribution in [0.3, 0.4) is 0 Å². The molecule has 0 saturated carbocycles. The lowest BCUT2D eigenvalue weighted by molar-refractivity contribution is -0.134. The van der Waals surface area contributed by atoms with Crippen molar-refractivity contribution >= 4 is 17.2 Å². The Morgan fingerprint density at radius 3 is 3.04 bits per heavy atom. The van der Waals surface area contributed by atoms with Crippen LogP contribution in [0.5, 0.6) is 0 Å². The van der Waals surface area contributed by atoms with Gasteiger partial charge in [-0.05, 0) is 6.07 Å². The summed E-state index contributed by atoms with van der Waals surface area (Å²) in [5, 5.41) is 7.54. The Bertz CT molecular complexity index is 655. The molecule has 0 spiro atoms. The fourth-order valence-corrected chi connectivity index (χ4v) is 3.47. The summed E-state index contributed by atoms with van der Waals surface area (Å²) in [7, 11) is 3.48. The molecule has 0 unspecified atom stereocenters. The number of rotatable bonds is 6. The van der Waals surface area contributed by atoms with Crippen molar-refractivity contribution in [3.63, 3.8) is 0 Å². The van der Waals surface area contributed by atoms with Gasteiger partial charge >= 0.3 is 0 Å². The first-order chi connectivity index (χ1) is 11.6. The van der Waals surface area contributed by atoms with Crippen LogP contribution in [0.1, 0.15) is 10.7 Å². The third kappa shape index (κ3) is 4.40. The van der Waals surface area contributed by atoms with Crippen molar-refractivity contribution in [3.05, 3.63) is 34.5 Å². The minimum Gasteiger partial charge on any atom is -0.371 e. The molecule has 1 aliphatic heterocycles. The van der Waals surface area contributed by atoms with Gasteiger partial charge in [-0.15, -0.1) is 11.3 Å². The van der Waals surface area contributed by atoms with Crippen molar-refractivity contribution in [3.8, 4) is 0 Å². The first kappa shape index (κ1) is 17.1. The van der Waals surface area contributed by atoms with Crippen molar-refractivity contribution in [2.75, 3.05) is 33.9 Å². The molecule has 0 N–H and O–H groups in total. The minimum absolute atomic E-state index is 0.0111. The van der Waals surface area contributed by atoms with E-state index in [4.69, 9.17) is 4.74 Å². The van der Waals surface area contributed by atoms with Crippen LogP contribution in [-0.2, 0) is 29.2 Å². The maximum absolute atomic E-state index is 11.7. The Labute approximate surface area is 145 Å². The lowest BCUT2D eigenvalue weighted by Gasteiger charge is -2.23. The van der Waals surface area contributed by atoms with E-state index in [0.717, 1.165) is 31.2 Å². The molecule has 0 aromatic carbocycles. The number of aromatic nitrogens is 3. The monoisotopic (exact) mass is 349 g/mol. The Hall–Kier alpha value is -1.77. The predicted octanol–water partition coefficient (Wildman–Crippen LogP) is 1.08. The van der Waals surface area contributed by atoms with Gasteiger partial charge in [-0.1, -0.05) is 0 Å². The fraction of sp³-hybridized carbons (Fsp3) is 0.562. The molecule has 3 heterocycles. The van der Waals surface area contributed by atoms with Gasteiger partial charge in [0.1, 0.15) is 11.6 Å². The van der Waals surface area contributed by atoms with Crippen LogP contribution < -0.4 is 0 Å². The zero-order chi connectivity index (χ0) is 16.9. The van der Waals surface area contributed by atoms with Gasteiger partial charge in [0, 0.05) is 57.4 Å². The van der Waals surface area contributed by atoms with Crippen molar-refractivity contribution in [1.82, 2.24) is 24.6 Å². The summed E-state index contributed by atoms with van der Waals surface area (Å²) in [6.07, 6.45) is 3.69. The van der Waals surface area contributed by atoms with Crippen LogP contribution in [0, 0.1) is 5.92 Å². The number of hydrogen-bond donors (Lipinski definition) is 0. The largest absolute Gasteiger partial charge is 0.371 e. The van der Waals surface area contributed by atoms with E-state index >= 15 is 0 Å². The number of thiazole rings is 1. The molecule has 130 valence electrons. The van der Waals surface area contributed by atoms with Crippen LogP contribution >= 0.6 is 11.3 Å². The van der Waals surface area contributed by atoms with Gasteiger partial charge in [-0.25, -0.2) is 4.98 Å². The quantitative estimate of drug-likeness (QED) is 0.781. The Balaban J connectivity index is 1.62. The van der Waals surface area contributed by atoms with Crippen LogP contribution in [0.25, 0.3) is 0 Å². The second-order valence-electron chi connectivity index (χ2n) is 6.27. The van der Waals surface area contributed by atoms with Crippen LogP contribution in [0.4, 0.5) is 0 Å². The average Bonchev–Trinajstić information content (AvgIpc) is 3.16. The summed E-state index contributed by atoms with van der Waals surface area (Å²) in [5.41, 5.74) is 1.21. The number of likely N-dealkylation sites (N-methyl/N-ethyl adjacent to an activating group) is 1. The third-order valence-electron chi connectivity index (χ3n) is 4.06. The number of nitrogens with zero attached hydrogens (tertiary/aromatic N) is 5. The normalized spacial score (nSPS) is 18.2. The highest BCUT2D eigenvalue weighted by Gasteiger charge is 2.23. The van der Waals surface area contributed by atoms with Crippen molar-refractivity contribution in [2.24, 2.45) is 5.92 Å². The maximum Gasteiger partial charge on any atom is 0.248 e. The number of fused-ring (bicyclic) bond motifs is 1. The topological polar surface area (TPSA) is 63.5 Å². The van der Waals surface area contributed by atoms with Crippen molar-refractivity contribution < 1.29 is 9.53 Å². The summed E-state index contributed by atoms with van der Waals surface area (Å²) in [4.78, 5) is 20.0. The van der Waals surface area contributed by atoms with Crippen molar-refractivity contribution in [1.29, 1.82) is 0 Å². The summed E-state index contributed by atoms with van der Waals surface area (Å²) in [6, 6.07) is 2.06. The summed E-state index contributed by atoms with van der Waals surface area (Å²) < 4.78 is 7.70. The second kappa shape index (κ2) is 7.87. The molecule has 3 rings (SSSR count). The standard InChI is InChI=1S/C16H23N5O2S/c1-19(2)16(22)12-23-11-13-7-20(10-15-17-5-6-24-15)9-14-3-4-18-21(14)8-13/h3-6,13H,7-12H2,1-2H3/t13-/m0/s1. The van der Waals surface area contributed by atoms with E-state index in [1.165, 1.54) is 5.69 Å². The molecule has 1 aliphatic rings. The van der Waals surface area contributed by atoms with Gasteiger partial charge in [0.05, 0.1) is 18.8 Å². The van der Waals surface area contributed by atoms with E-state index in [2.05, 4.69) is 21.0 Å². The molecular formula is C16H23N5O2S. The van der Waals surface area contributed by atoms with Gasteiger partial charge in [0.15, 0.2) is 0 Å². The van der Waals surface area contributed by atoms with E-state index in [0.29, 0.717) is 12.5 Å². The van der Waals surface area contributed by atoms with Crippen LogP contribution in [-0.4, -0.2) is 64.3 Å². The molecule has 0 aliphatic carbocycles. The van der Waals surface area contributed by atoms with Crippen molar-refractivity contribution in [2.45, 2.75) is 19.6 Å². The molecule has 8 heteroatoms. The first-order valence-electron chi connectivity index (χ1n) is 8.01. The summed E-state index contributed by atoms with van der Waals surface area (Å²) in [5.74, 6) is 0.282. The van der Waals surface area contributed by atoms with E-state index in [1.807, 2.05) is 22.5 Å². The zero-order valence-corrected chi connectivity index (χ0v) is 14.9. The molecule has 7 nitrogen and oxygen atoms in total. The first-order valence-corrected chi connectivity index (χ1v) is 8.89. The highest BCUT2D eigenvalue weighted by molar-refractivity contribution is 7.09. The van der Waals surface area contributed by atoms with Crippen LogP contribution in [0.15, 0.2) is 23.8 Å². The van der Waals surface area contributed by atoms with Gasteiger partial charge in [0.2, 0.25) is 5.91 Å². The highest BCUT2D eigenvalue weighted by atomic mass is 32.1. The van der Waals surface area contributed by atoms with E-state index < -0.39 is 0 Å². The molecule has 0 fully saturated rings. The molecule has 2 aromatic heterocycles. The molecule has 24 heavy (non-hydrogen) atoms. The second-order valence-corrected chi connectivity index (χ2v) is 7.25. The van der Waals surface area contributed by atoms with Gasteiger partial charge in [0.25, 0.3) is 0 Å². The Morgan fingerprint density at radius 2 is 2.29 bits per heavy atom. The molecule has 2 aromatic rings. The number of carbonyl (C=O) groups excluding carboxylic acids is 1. The summed E-state index contributed by atoms with van der Waals surface area (Å²) in [6.45, 7) is 4.07. The van der Waals surface area contributed by atoms with Gasteiger partial charge < -0.3 is 9.64 Å². The molecule has 0 bridgehead atoms. The molecular weight excluding hydrogens is 326 g/mol. The van der Waals surface area contributed by atoms with E-state index in [1.54, 1.807) is 30.3 Å². The zero-order valence-electron chi connectivity index (χ0n) is 14.1. The Morgan fingerprint density at radius 1 is 1.42 bits per heavy atom. The molecule has 0 saturated heterocycles. The lowest BCUT2D eigenvalue weighted by atomic mass is 10.1. The third-order valence-corrected chi connectivity index (χ3v) is 4.82. The van der Waals surface area contributed by atoms with Crippen LogP contribution in [0.2, 0.25) is 0 Å². The number of carbonyl (C=O) groups is 1. The minimum atomic E-state index is -0.0111. The van der Waals surface area contributed by atoms with Gasteiger partial charge in [-0.3, -0.25) is 14.4 Å². The van der Waals surface area contributed by atoms with E-state index in [-0.39, 0.29) is 12.5 Å². The van der Waals surface area contributed by atoms with E-state index in [9.17, 15) is 4.79 Å². The SMILES string of the molecule is CN(C)C(=O)COC[C@H]1CN(Cc2nccs2)Cc2ccnn2C1. The summed E-state index contributed by atoms with van der Waals surface area (Å²) >= 11 is 1.68. The van der Waals surface area contributed by atoms with Gasteiger partial charge in [-0.2, -0.15) is 5.10 Å². The highest BCUT2D eigenvalue weighted by Crippen LogP contribution is 2.19. The predicted molar refractivity (Wildman–Crippen MR) is 91.5 cm³/mol. The average molecular weight is 349 g/mol. The smallest absolute Gasteiger partial charge is 0.248 e. The number of ether oxygens (including phenoxy) is 1. The molecule has 1 atom stereocenters. The molecule has 1 amide bonds.